The Morgan fingerprint density at radius 1 is 1.33 bits per heavy atom. The van der Waals surface area contributed by atoms with Gasteiger partial charge in [-0.05, 0) is 40.4 Å². The number of aryl methyl sites for hydroxylation is 1. The molecule has 0 radical (unpaired) electrons. The predicted molar refractivity (Wildman–Crippen MR) is 57.9 cm³/mol. The van der Waals surface area contributed by atoms with Crippen LogP contribution in [0.4, 0.5) is 0 Å². The number of hydrogen-bond acceptors (Lipinski definition) is 1. The minimum Gasteiger partial charge on any atom is -0.506 e. The van der Waals surface area contributed by atoms with E-state index in [-0.39, 0.29) is 0 Å². The molecule has 0 atom stereocenters. The fraction of sp³-hybridized carbons (Fsp3) is 0.333. The predicted octanol–water partition coefficient (Wildman–Crippen LogP) is 3.48. The lowest BCUT2D eigenvalue weighted by atomic mass is 10.1. The van der Waals surface area contributed by atoms with E-state index < -0.39 is 0 Å². The largest absolute Gasteiger partial charge is 0.506 e. The molecule has 0 aliphatic carbocycles. The maximum atomic E-state index is 9.56. The van der Waals surface area contributed by atoms with E-state index in [1.54, 1.807) is 0 Å². The van der Waals surface area contributed by atoms with Crippen molar-refractivity contribution in [2.75, 3.05) is 5.33 Å². The summed E-state index contributed by atoms with van der Waals surface area (Å²) in [6.45, 7) is 0. The van der Waals surface area contributed by atoms with Gasteiger partial charge in [0, 0.05) is 5.33 Å². The lowest BCUT2D eigenvalue weighted by molar-refractivity contribution is 0.464. The van der Waals surface area contributed by atoms with Gasteiger partial charge >= 0.3 is 0 Å². The minimum absolute atomic E-state index is 0.374. The zero-order chi connectivity index (χ0) is 8.97. The number of para-hydroxylation sites is 1. The highest BCUT2D eigenvalue weighted by molar-refractivity contribution is 9.10. The van der Waals surface area contributed by atoms with Crippen LogP contribution in [0, 0.1) is 0 Å². The molecule has 0 heterocycles. The van der Waals surface area contributed by atoms with Crippen LogP contribution in [0.25, 0.3) is 0 Å². The van der Waals surface area contributed by atoms with Gasteiger partial charge < -0.3 is 5.11 Å². The van der Waals surface area contributed by atoms with E-state index in [2.05, 4.69) is 31.9 Å². The number of benzene rings is 1. The van der Waals surface area contributed by atoms with Gasteiger partial charge in [0.05, 0.1) is 4.47 Å². The lowest BCUT2D eigenvalue weighted by Gasteiger charge is -2.03. The number of hydrogen-bond donors (Lipinski definition) is 1. The van der Waals surface area contributed by atoms with Gasteiger partial charge in [-0.25, -0.2) is 0 Å². The molecular formula is C9H10Br2O. The second kappa shape index (κ2) is 4.87. The molecule has 1 rings (SSSR count). The van der Waals surface area contributed by atoms with Gasteiger partial charge in [-0.1, -0.05) is 28.1 Å². The van der Waals surface area contributed by atoms with Crippen LogP contribution < -0.4 is 0 Å². The summed E-state index contributed by atoms with van der Waals surface area (Å²) in [5.74, 6) is 0.374. The molecule has 1 N–H and O–H groups in total. The highest BCUT2D eigenvalue weighted by Crippen LogP contribution is 2.28. The molecule has 12 heavy (non-hydrogen) atoms. The summed E-state index contributed by atoms with van der Waals surface area (Å²) in [6, 6.07) is 5.73. The van der Waals surface area contributed by atoms with Crippen LogP contribution in [0.15, 0.2) is 22.7 Å². The smallest absolute Gasteiger partial charge is 0.132 e. The molecule has 0 saturated carbocycles. The van der Waals surface area contributed by atoms with Gasteiger partial charge in [0.1, 0.15) is 5.75 Å². The van der Waals surface area contributed by atoms with Gasteiger partial charge in [0.25, 0.3) is 0 Å². The van der Waals surface area contributed by atoms with Crippen molar-refractivity contribution in [3.05, 3.63) is 28.2 Å². The van der Waals surface area contributed by atoms with Crippen LogP contribution in [-0.2, 0) is 6.42 Å². The van der Waals surface area contributed by atoms with Crippen molar-refractivity contribution in [3.63, 3.8) is 0 Å². The Kier molecular flexibility index (Phi) is 4.09. The molecule has 0 fully saturated rings. The zero-order valence-corrected chi connectivity index (χ0v) is 9.73. The molecule has 3 heteroatoms. The van der Waals surface area contributed by atoms with Gasteiger partial charge in [0.15, 0.2) is 0 Å². The second-order valence-corrected chi connectivity index (χ2v) is 4.19. The summed E-state index contributed by atoms with van der Waals surface area (Å²) in [5.41, 5.74) is 1.00. The van der Waals surface area contributed by atoms with Crippen molar-refractivity contribution in [2.24, 2.45) is 0 Å². The van der Waals surface area contributed by atoms with Crippen molar-refractivity contribution < 1.29 is 5.11 Å². The molecule has 0 unspecified atom stereocenters. The lowest BCUT2D eigenvalue weighted by Crippen LogP contribution is -1.87. The van der Waals surface area contributed by atoms with E-state index in [1.807, 2.05) is 18.2 Å². The van der Waals surface area contributed by atoms with Gasteiger partial charge in [-0.15, -0.1) is 0 Å². The monoisotopic (exact) mass is 292 g/mol. The van der Waals surface area contributed by atoms with Crippen molar-refractivity contribution in [1.29, 1.82) is 0 Å². The average molecular weight is 294 g/mol. The first-order valence-electron chi connectivity index (χ1n) is 3.78. The van der Waals surface area contributed by atoms with Gasteiger partial charge in [-0.2, -0.15) is 0 Å². The molecule has 0 amide bonds. The van der Waals surface area contributed by atoms with Crippen molar-refractivity contribution in [3.8, 4) is 5.75 Å². The second-order valence-electron chi connectivity index (χ2n) is 2.54. The van der Waals surface area contributed by atoms with Crippen LogP contribution in [-0.4, -0.2) is 10.4 Å². The Labute approximate surface area is 89.1 Å². The van der Waals surface area contributed by atoms with Crippen LogP contribution in [0.2, 0.25) is 0 Å². The van der Waals surface area contributed by atoms with E-state index in [4.69, 9.17) is 0 Å². The molecule has 0 aromatic heterocycles. The van der Waals surface area contributed by atoms with Crippen molar-refractivity contribution in [1.82, 2.24) is 0 Å². The first kappa shape index (κ1) is 10.1. The number of alkyl halides is 1. The van der Waals surface area contributed by atoms with Crippen molar-refractivity contribution >= 4 is 31.9 Å². The van der Waals surface area contributed by atoms with Crippen molar-refractivity contribution in [2.45, 2.75) is 12.8 Å². The van der Waals surface area contributed by atoms with E-state index in [0.29, 0.717) is 5.75 Å². The Balaban J connectivity index is 2.78. The fourth-order valence-corrected chi connectivity index (χ4v) is 1.71. The standard InChI is InChI=1S/C9H10Br2O/c10-6-2-4-7-3-1-5-8(11)9(7)12/h1,3,5,12H,2,4,6H2. The third kappa shape index (κ3) is 2.49. The first-order chi connectivity index (χ1) is 5.75. The normalized spacial score (nSPS) is 10.2. The Morgan fingerprint density at radius 3 is 2.75 bits per heavy atom. The van der Waals surface area contributed by atoms with Crippen LogP contribution in [0.3, 0.4) is 0 Å². The maximum absolute atomic E-state index is 9.56. The summed E-state index contributed by atoms with van der Waals surface area (Å²) in [5, 5.41) is 10.5. The topological polar surface area (TPSA) is 20.2 Å². The number of rotatable bonds is 3. The quantitative estimate of drug-likeness (QED) is 0.846. The Hall–Kier alpha value is -0.0200. The third-order valence-electron chi connectivity index (χ3n) is 1.65. The first-order valence-corrected chi connectivity index (χ1v) is 5.69. The fourth-order valence-electron chi connectivity index (χ4n) is 1.02. The van der Waals surface area contributed by atoms with E-state index in [1.165, 1.54) is 0 Å². The van der Waals surface area contributed by atoms with Crippen LogP contribution in [0.1, 0.15) is 12.0 Å². The number of halogens is 2. The molecule has 0 saturated heterocycles. The molecule has 0 bridgehead atoms. The molecule has 0 spiro atoms. The van der Waals surface area contributed by atoms with E-state index >= 15 is 0 Å². The Bertz CT molecular complexity index is 261. The van der Waals surface area contributed by atoms with Gasteiger partial charge in [-0.3, -0.25) is 0 Å². The molecule has 1 nitrogen and oxygen atoms in total. The SMILES string of the molecule is Oc1c(Br)cccc1CCCBr. The molecule has 0 aliphatic heterocycles. The van der Waals surface area contributed by atoms with Crippen LogP contribution in [0.5, 0.6) is 5.75 Å². The van der Waals surface area contributed by atoms with Crippen LogP contribution >= 0.6 is 31.9 Å². The molecular weight excluding hydrogens is 284 g/mol. The molecule has 1 aromatic rings. The molecule has 1 aromatic carbocycles. The minimum atomic E-state index is 0.374. The molecule has 0 aliphatic rings. The number of aromatic hydroxyl groups is 1. The van der Waals surface area contributed by atoms with Gasteiger partial charge in [0.2, 0.25) is 0 Å². The average Bonchev–Trinajstić information content (AvgIpc) is 2.08. The summed E-state index contributed by atoms with van der Waals surface area (Å²) < 4.78 is 0.773. The third-order valence-corrected chi connectivity index (χ3v) is 2.85. The number of phenolic OH excluding ortho intramolecular Hbond substituents is 1. The maximum Gasteiger partial charge on any atom is 0.132 e. The van der Waals surface area contributed by atoms with E-state index in [9.17, 15) is 5.11 Å². The zero-order valence-electron chi connectivity index (χ0n) is 6.56. The highest BCUT2D eigenvalue weighted by atomic mass is 79.9. The Morgan fingerprint density at radius 2 is 2.08 bits per heavy atom. The molecule has 66 valence electrons. The summed E-state index contributed by atoms with van der Waals surface area (Å²) in [6.07, 6.45) is 1.96. The van der Waals surface area contributed by atoms with E-state index in [0.717, 1.165) is 28.2 Å². The highest BCUT2D eigenvalue weighted by Gasteiger charge is 2.02. The summed E-state index contributed by atoms with van der Waals surface area (Å²) >= 11 is 6.63. The number of phenols is 1. The summed E-state index contributed by atoms with van der Waals surface area (Å²) in [7, 11) is 0. The summed E-state index contributed by atoms with van der Waals surface area (Å²) in [4.78, 5) is 0.